The number of nitrogens with zero attached hydrogens (tertiary/aromatic N) is 1. The lowest BCUT2D eigenvalue weighted by Crippen LogP contribution is -2.29. The maximum absolute atomic E-state index is 12.1. The summed E-state index contributed by atoms with van der Waals surface area (Å²) in [6, 6.07) is 1.61. The summed E-state index contributed by atoms with van der Waals surface area (Å²) in [7, 11) is 0. The molecule has 1 amide bonds. The maximum atomic E-state index is 12.1. The van der Waals surface area contributed by atoms with Crippen molar-refractivity contribution in [1.82, 2.24) is 5.16 Å². The third-order valence-electron chi connectivity index (χ3n) is 3.77. The van der Waals surface area contributed by atoms with Gasteiger partial charge in [-0.15, -0.1) is 0 Å². The van der Waals surface area contributed by atoms with E-state index in [0.29, 0.717) is 24.5 Å². The number of aromatic nitrogens is 1. The van der Waals surface area contributed by atoms with Crippen molar-refractivity contribution in [1.29, 1.82) is 0 Å². The van der Waals surface area contributed by atoms with Crippen LogP contribution in [0.4, 0.5) is 5.88 Å². The zero-order chi connectivity index (χ0) is 14.0. The van der Waals surface area contributed by atoms with E-state index >= 15 is 0 Å². The van der Waals surface area contributed by atoms with Gasteiger partial charge in [0, 0.05) is 6.07 Å². The van der Waals surface area contributed by atoms with Gasteiger partial charge in [0.1, 0.15) is 0 Å². The Kier molecular flexibility index (Phi) is 3.87. The summed E-state index contributed by atoms with van der Waals surface area (Å²) < 4.78 is 4.91. The van der Waals surface area contributed by atoms with Gasteiger partial charge in [-0.2, -0.15) is 0 Å². The molecule has 1 aromatic rings. The molecule has 1 unspecified atom stereocenters. The predicted octanol–water partition coefficient (Wildman–Crippen LogP) is 2.06. The summed E-state index contributed by atoms with van der Waals surface area (Å²) in [5.74, 6) is -1.72. The normalized spacial score (nSPS) is 26.3. The Bertz CT molecular complexity index is 483. The van der Waals surface area contributed by atoms with Gasteiger partial charge < -0.3 is 9.63 Å². The highest BCUT2D eigenvalue weighted by Crippen LogP contribution is 2.39. The van der Waals surface area contributed by atoms with Gasteiger partial charge in [-0.1, -0.05) is 18.5 Å². The standard InChI is InChI=1S/C13H18N2O4/c1-3-8-5-9(10(6-8)13(17)18)12(16)14-11-4-7(2)15-19-11/h4,8-10H,3,5-6H2,1-2H3,(H,14,16)(H,17,18)/t8?,9-,10+/m0/s1. The Morgan fingerprint density at radius 3 is 2.68 bits per heavy atom. The molecule has 1 heterocycles. The van der Waals surface area contributed by atoms with Crippen LogP contribution in [0.1, 0.15) is 31.9 Å². The number of nitrogens with one attached hydrogen (secondary N) is 1. The van der Waals surface area contributed by atoms with Gasteiger partial charge in [-0.25, -0.2) is 0 Å². The third kappa shape index (κ3) is 2.94. The molecule has 1 aliphatic rings. The van der Waals surface area contributed by atoms with Crippen LogP contribution in [-0.4, -0.2) is 22.1 Å². The first kappa shape index (κ1) is 13.6. The Labute approximate surface area is 111 Å². The van der Waals surface area contributed by atoms with E-state index in [-0.39, 0.29) is 11.8 Å². The molecule has 3 atom stereocenters. The number of carboxylic acid groups (broad SMARTS) is 1. The van der Waals surface area contributed by atoms with E-state index < -0.39 is 17.8 Å². The fourth-order valence-electron chi connectivity index (χ4n) is 2.68. The molecule has 0 saturated heterocycles. The maximum Gasteiger partial charge on any atom is 0.307 e. The van der Waals surface area contributed by atoms with Crippen LogP contribution in [0, 0.1) is 24.7 Å². The van der Waals surface area contributed by atoms with Crippen molar-refractivity contribution in [2.24, 2.45) is 17.8 Å². The van der Waals surface area contributed by atoms with E-state index in [0.717, 1.165) is 6.42 Å². The molecule has 1 fully saturated rings. The summed E-state index contributed by atoms with van der Waals surface area (Å²) in [4.78, 5) is 23.4. The van der Waals surface area contributed by atoms with Crippen LogP contribution in [0.5, 0.6) is 0 Å². The molecule has 0 bridgehead atoms. The second kappa shape index (κ2) is 5.42. The van der Waals surface area contributed by atoms with Crippen LogP contribution in [0.15, 0.2) is 10.6 Å². The van der Waals surface area contributed by atoms with Crippen LogP contribution in [-0.2, 0) is 9.59 Å². The van der Waals surface area contributed by atoms with Crippen molar-refractivity contribution in [3.05, 3.63) is 11.8 Å². The zero-order valence-corrected chi connectivity index (χ0v) is 11.0. The largest absolute Gasteiger partial charge is 0.481 e. The number of aliphatic carboxylic acids is 1. The molecule has 0 radical (unpaired) electrons. The monoisotopic (exact) mass is 266 g/mol. The van der Waals surface area contributed by atoms with Gasteiger partial charge in [0.25, 0.3) is 0 Å². The Morgan fingerprint density at radius 1 is 1.47 bits per heavy atom. The minimum absolute atomic E-state index is 0.270. The molecule has 1 aliphatic carbocycles. The number of anilines is 1. The number of carboxylic acids is 1. The molecule has 1 aromatic heterocycles. The van der Waals surface area contributed by atoms with Crippen LogP contribution >= 0.6 is 0 Å². The number of aryl methyl sites for hydroxylation is 1. The Hall–Kier alpha value is -1.85. The minimum atomic E-state index is -0.898. The fourth-order valence-corrected chi connectivity index (χ4v) is 2.68. The molecule has 2 rings (SSSR count). The summed E-state index contributed by atoms with van der Waals surface area (Å²) in [6.45, 7) is 3.77. The molecule has 0 spiro atoms. The molecule has 0 aromatic carbocycles. The first-order chi connectivity index (χ1) is 9.01. The number of carbonyl (C=O) groups is 2. The van der Waals surface area contributed by atoms with E-state index in [2.05, 4.69) is 10.5 Å². The number of carbonyl (C=O) groups excluding carboxylic acids is 1. The quantitative estimate of drug-likeness (QED) is 0.870. The van der Waals surface area contributed by atoms with Crippen LogP contribution in [0.25, 0.3) is 0 Å². The highest BCUT2D eigenvalue weighted by molar-refractivity contribution is 5.94. The molecular formula is C13H18N2O4. The summed E-state index contributed by atoms with van der Waals surface area (Å²) in [5.41, 5.74) is 0.669. The molecular weight excluding hydrogens is 248 g/mol. The first-order valence-electron chi connectivity index (χ1n) is 6.48. The second-order valence-corrected chi connectivity index (χ2v) is 5.12. The Morgan fingerprint density at radius 2 is 2.16 bits per heavy atom. The van der Waals surface area contributed by atoms with Gasteiger partial charge >= 0.3 is 5.97 Å². The SMILES string of the molecule is CCC1C[C@H](C(=O)Nc2cc(C)no2)[C@H](C(=O)O)C1. The van der Waals surface area contributed by atoms with Crippen LogP contribution in [0.2, 0.25) is 0 Å². The van der Waals surface area contributed by atoms with Crippen molar-refractivity contribution in [3.63, 3.8) is 0 Å². The summed E-state index contributed by atoms with van der Waals surface area (Å²) in [5, 5.41) is 15.5. The smallest absolute Gasteiger partial charge is 0.307 e. The van der Waals surface area contributed by atoms with E-state index in [9.17, 15) is 14.7 Å². The van der Waals surface area contributed by atoms with Crippen LogP contribution < -0.4 is 5.32 Å². The van der Waals surface area contributed by atoms with Crippen molar-refractivity contribution in [3.8, 4) is 0 Å². The lowest BCUT2D eigenvalue weighted by molar-refractivity contribution is -0.145. The highest BCUT2D eigenvalue weighted by atomic mass is 16.5. The topological polar surface area (TPSA) is 92.4 Å². The van der Waals surface area contributed by atoms with Gasteiger partial charge in [0.2, 0.25) is 11.8 Å². The molecule has 6 nitrogen and oxygen atoms in total. The van der Waals surface area contributed by atoms with E-state index in [1.807, 2.05) is 6.92 Å². The molecule has 2 N–H and O–H groups in total. The van der Waals surface area contributed by atoms with Gasteiger partial charge in [0.15, 0.2) is 0 Å². The summed E-state index contributed by atoms with van der Waals surface area (Å²) >= 11 is 0. The van der Waals surface area contributed by atoms with E-state index in [4.69, 9.17) is 4.52 Å². The van der Waals surface area contributed by atoms with Gasteiger partial charge in [-0.05, 0) is 25.7 Å². The average Bonchev–Trinajstić information content (AvgIpc) is 2.95. The Balaban J connectivity index is 2.06. The lowest BCUT2D eigenvalue weighted by atomic mass is 9.95. The van der Waals surface area contributed by atoms with Gasteiger partial charge in [0.05, 0.1) is 17.5 Å². The first-order valence-corrected chi connectivity index (χ1v) is 6.48. The van der Waals surface area contributed by atoms with Crippen molar-refractivity contribution < 1.29 is 19.2 Å². The summed E-state index contributed by atoms with van der Waals surface area (Å²) in [6.07, 6.45) is 2.08. The van der Waals surface area contributed by atoms with Gasteiger partial charge in [-0.3, -0.25) is 14.9 Å². The molecule has 104 valence electrons. The van der Waals surface area contributed by atoms with E-state index in [1.165, 1.54) is 0 Å². The predicted molar refractivity (Wildman–Crippen MR) is 67.5 cm³/mol. The number of amides is 1. The van der Waals surface area contributed by atoms with Crippen molar-refractivity contribution >= 4 is 17.8 Å². The molecule has 0 aliphatic heterocycles. The van der Waals surface area contributed by atoms with Crippen molar-refractivity contribution in [2.45, 2.75) is 33.1 Å². The minimum Gasteiger partial charge on any atom is -0.481 e. The molecule has 6 heteroatoms. The van der Waals surface area contributed by atoms with Crippen molar-refractivity contribution in [2.75, 3.05) is 5.32 Å². The lowest BCUT2D eigenvalue weighted by Gasteiger charge is -2.13. The zero-order valence-electron chi connectivity index (χ0n) is 11.0. The fraction of sp³-hybridized carbons (Fsp3) is 0.615. The second-order valence-electron chi connectivity index (χ2n) is 5.12. The average molecular weight is 266 g/mol. The van der Waals surface area contributed by atoms with E-state index in [1.54, 1.807) is 13.0 Å². The molecule has 19 heavy (non-hydrogen) atoms. The third-order valence-corrected chi connectivity index (χ3v) is 3.77. The highest BCUT2D eigenvalue weighted by Gasteiger charge is 2.42. The van der Waals surface area contributed by atoms with Crippen LogP contribution in [0.3, 0.4) is 0 Å². The molecule has 1 saturated carbocycles. The number of hydrogen-bond acceptors (Lipinski definition) is 4. The number of hydrogen-bond donors (Lipinski definition) is 2. The number of rotatable bonds is 4.